The van der Waals surface area contributed by atoms with E-state index < -0.39 is 11.4 Å². The number of carboxylic acid groups (broad SMARTS) is 1. The molecule has 2 aliphatic heterocycles. The molecular weight excluding hydrogens is 252 g/mol. The summed E-state index contributed by atoms with van der Waals surface area (Å²) in [6.45, 7) is 9.67. The lowest BCUT2D eigenvalue weighted by atomic mass is 9.75. The van der Waals surface area contributed by atoms with Gasteiger partial charge in [0.1, 0.15) is 0 Å². The molecule has 0 aromatic heterocycles. The lowest BCUT2D eigenvalue weighted by molar-refractivity contribution is -0.154. The van der Waals surface area contributed by atoms with Crippen LogP contribution in [-0.4, -0.2) is 59.6 Å². The van der Waals surface area contributed by atoms with E-state index in [0.29, 0.717) is 6.04 Å². The molecule has 0 aromatic carbocycles. The Bertz CT molecular complexity index is 322. The molecule has 0 spiro atoms. The van der Waals surface area contributed by atoms with Gasteiger partial charge in [0.25, 0.3) is 0 Å². The van der Waals surface area contributed by atoms with Gasteiger partial charge in [-0.1, -0.05) is 20.3 Å². The van der Waals surface area contributed by atoms with Crippen LogP contribution >= 0.6 is 0 Å². The summed E-state index contributed by atoms with van der Waals surface area (Å²) < 4.78 is 0. The van der Waals surface area contributed by atoms with Crippen molar-refractivity contribution in [3.63, 3.8) is 0 Å². The second-order valence-electron chi connectivity index (χ2n) is 6.57. The highest BCUT2D eigenvalue weighted by Gasteiger charge is 2.43. The molecule has 2 aliphatic rings. The van der Waals surface area contributed by atoms with Crippen LogP contribution in [0, 0.1) is 5.41 Å². The van der Waals surface area contributed by atoms with Gasteiger partial charge >= 0.3 is 5.97 Å². The highest BCUT2D eigenvalue weighted by Crippen LogP contribution is 2.36. The van der Waals surface area contributed by atoms with E-state index in [9.17, 15) is 9.90 Å². The van der Waals surface area contributed by atoms with Crippen molar-refractivity contribution < 1.29 is 9.90 Å². The van der Waals surface area contributed by atoms with E-state index in [4.69, 9.17) is 0 Å². The van der Waals surface area contributed by atoms with Crippen LogP contribution in [0.25, 0.3) is 0 Å². The maximum absolute atomic E-state index is 11.8. The minimum absolute atomic E-state index is 0.477. The van der Waals surface area contributed by atoms with Gasteiger partial charge < -0.3 is 10.0 Å². The summed E-state index contributed by atoms with van der Waals surface area (Å²) in [5.74, 6) is -0.574. The molecule has 4 nitrogen and oxygen atoms in total. The molecule has 1 N–H and O–H groups in total. The maximum Gasteiger partial charge on any atom is 0.310 e. The Kier molecular flexibility index (Phi) is 5.44. The Balaban J connectivity index is 1.97. The first kappa shape index (κ1) is 15.8. The van der Waals surface area contributed by atoms with E-state index >= 15 is 0 Å². The number of nitrogens with zero attached hydrogens (tertiary/aromatic N) is 2. The van der Waals surface area contributed by atoms with Crippen molar-refractivity contribution in [3.8, 4) is 0 Å². The van der Waals surface area contributed by atoms with Gasteiger partial charge in [-0.25, -0.2) is 0 Å². The fourth-order valence-corrected chi connectivity index (χ4v) is 4.04. The first-order valence-corrected chi connectivity index (χ1v) is 8.31. The zero-order valence-corrected chi connectivity index (χ0v) is 13.1. The molecule has 1 unspecified atom stereocenters. The van der Waals surface area contributed by atoms with Crippen LogP contribution in [0.15, 0.2) is 0 Å². The quantitative estimate of drug-likeness (QED) is 0.841. The molecular formula is C16H30N2O2. The minimum Gasteiger partial charge on any atom is -0.481 e. The molecule has 0 bridgehead atoms. The van der Waals surface area contributed by atoms with Crippen molar-refractivity contribution in [2.45, 2.75) is 58.4 Å². The monoisotopic (exact) mass is 282 g/mol. The number of carbonyl (C=O) groups is 1. The molecule has 0 amide bonds. The van der Waals surface area contributed by atoms with Crippen molar-refractivity contribution in [3.05, 3.63) is 0 Å². The molecule has 4 heteroatoms. The third-order valence-electron chi connectivity index (χ3n) is 5.31. The third-order valence-corrected chi connectivity index (χ3v) is 5.31. The highest BCUT2D eigenvalue weighted by atomic mass is 16.4. The van der Waals surface area contributed by atoms with Gasteiger partial charge in [-0.15, -0.1) is 0 Å². The smallest absolute Gasteiger partial charge is 0.310 e. The van der Waals surface area contributed by atoms with Crippen LogP contribution in [0.2, 0.25) is 0 Å². The van der Waals surface area contributed by atoms with Gasteiger partial charge in [0.05, 0.1) is 5.41 Å². The Labute approximate surface area is 123 Å². The van der Waals surface area contributed by atoms with Crippen LogP contribution in [0.5, 0.6) is 0 Å². The molecule has 20 heavy (non-hydrogen) atoms. The van der Waals surface area contributed by atoms with Gasteiger partial charge in [-0.2, -0.15) is 0 Å². The second kappa shape index (κ2) is 6.90. The number of piperidine rings is 2. The minimum atomic E-state index is -0.574. The Hall–Kier alpha value is -0.610. The van der Waals surface area contributed by atoms with Gasteiger partial charge in [0, 0.05) is 12.6 Å². The average Bonchev–Trinajstić information content (AvgIpc) is 2.48. The predicted octanol–water partition coefficient (Wildman–Crippen LogP) is 2.44. The number of likely N-dealkylation sites (tertiary alicyclic amines) is 2. The summed E-state index contributed by atoms with van der Waals surface area (Å²) in [6.07, 6.45) is 6.10. The topological polar surface area (TPSA) is 43.8 Å². The van der Waals surface area contributed by atoms with Crippen LogP contribution in [0.3, 0.4) is 0 Å². The molecule has 0 aromatic rings. The van der Waals surface area contributed by atoms with Crippen molar-refractivity contribution >= 4 is 5.97 Å². The number of carboxylic acids is 1. The molecule has 2 saturated heterocycles. The highest BCUT2D eigenvalue weighted by molar-refractivity contribution is 5.75. The molecule has 1 atom stereocenters. The molecule has 2 fully saturated rings. The number of hydrogen-bond donors (Lipinski definition) is 1. The maximum atomic E-state index is 11.8. The van der Waals surface area contributed by atoms with E-state index in [0.717, 1.165) is 45.3 Å². The van der Waals surface area contributed by atoms with E-state index in [1.165, 1.54) is 25.9 Å². The average molecular weight is 282 g/mol. The first-order chi connectivity index (χ1) is 9.61. The molecule has 2 rings (SSSR count). The summed E-state index contributed by atoms with van der Waals surface area (Å²) >= 11 is 0. The fraction of sp³-hybridized carbons (Fsp3) is 0.938. The lowest BCUT2D eigenvalue weighted by Crippen LogP contribution is -2.53. The van der Waals surface area contributed by atoms with Crippen LogP contribution in [-0.2, 0) is 4.79 Å². The first-order valence-electron chi connectivity index (χ1n) is 8.31. The van der Waals surface area contributed by atoms with E-state index in [2.05, 4.69) is 23.6 Å². The molecule has 0 radical (unpaired) electrons. The summed E-state index contributed by atoms with van der Waals surface area (Å²) in [5.41, 5.74) is -0.477. The van der Waals surface area contributed by atoms with Crippen molar-refractivity contribution in [2.75, 3.05) is 32.7 Å². The Morgan fingerprint density at radius 2 is 1.95 bits per heavy atom. The van der Waals surface area contributed by atoms with Gasteiger partial charge in [0.15, 0.2) is 0 Å². The van der Waals surface area contributed by atoms with E-state index in [-0.39, 0.29) is 0 Å². The van der Waals surface area contributed by atoms with Crippen molar-refractivity contribution in [1.82, 2.24) is 9.80 Å². The standard InChI is InChI=1S/C16H30N2O2/c1-3-8-16(15(19)20)9-5-10-18(13-16)14-6-11-17(4-2)12-7-14/h14H,3-13H2,1-2H3,(H,19,20). The number of hydrogen-bond acceptors (Lipinski definition) is 3. The molecule has 2 heterocycles. The van der Waals surface area contributed by atoms with Gasteiger partial charge in [-0.3, -0.25) is 9.69 Å². The molecule has 0 aliphatic carbocycles. The fourth-order valence-electron chi connectivity index (χ4n) is 4.04. The third kappa shape index (κ3) is 3.34. The van der Waals surface area contributed by atoms with Gasteiger partial charge in [0.2, 0.25) is 0 Å². The van der Waals surface area contributed by atoms with E-state index in [1.807, 2.05) is 0 Å². The summed E-state index contributed by atoms with van der Waals surface area (Å²) in [4.78, 5) is 16.7. The molecule has 0 saturated carbocycles. The zero-order valence-electron chi connectivity index (χ0n) is 13.1. The predicted molar refractivity (Wildman–Crippen MR) is 80.9 cm³/mol. The van der Waals surface area contributed by atoms with Gasteiger partial charge in [-0.05, 0) is 58.3 Å². The van der Waals surface area contributed by atoms with Crippen molar-refractivity contribution in [1.29, 1.82) is 0 Å². The van der Waals surface area contributed by atoms with Crippen LogP contribution in [0.1, 0.15) is 52.4 Å². The Morgan fingerprint density at radius 3 is 2.50 bits per heavy atom. The van der Waals surface area contributed by atoms with Crippen LogP contribution < -0.4 is 0 Å². The normalized spacial score (nSPS) is 30.5. The zero-order chi connectivity index (χ0) is 14.6. The SMILES string of the molecule is CCCC1(C(=O)O)CCCN(C2CCN(CC)CC2)C1. The lowest BCUT2D eigenvalue weighted by Gasteiger charge is -2.45. The molecule has 116 valence electrons. The number of rotatable bonds is 5. The second-order valence-corrected chi connectivity index (χ2v) is 6.57. The summed E-state index contributed by atoms with van der Waals surface area (Å²) in [7, 11) is 0. The van der Waals surface area contributed by atoms with Crippen molar-refractivity contribution in [2.24, 2.45) is 5.41 Å². The van der Waals surface area contributed by atoms with E-state index in [1.54, 1.807) is 0 Å². The summed E-state index contributed by atoms with van der Waals surface area (Å²) in [5, 5.41) is 9.68. The number of aliphatic carboxylic acids is 1. The Morgan fingerprint density at radius 1 is 1.25 bits per heavy atom. The van der Waals surface area contributed by atoms with Crippen LogP contribution in [0.4, 0.5) is 0 Å². The largest absolute Gasteiger partial charge is 0.481 e. The summed E-state index contributed by atoms with van der Waals surface area (Å²) in [6, 6.07) is 0.605.